The molecule has 0 amide bonds. The molecule has 0 aliphatic heterocycles. The highest BCUT2D eigenvalue weighted by atomic mass is 19.1. The Morgan fingerprint density at radius 1 is 1.05 bits per heavy atom. The summed E-state index contributed by atoms with van der Waals surface area (Å²) in [5.41, 5.74) is 4.03. The third kappa shape index (κ3) is 2.23. The molecule has 0 N–H and O–H groups in total. The fourth-order valence-corrected chi connectivity index (χ4v) is 2.44. The molecule has 1 heterocycles. The lowest BCUT2D eigenvalue weighted by Gasteiger charge is -2.09. The summed E-state index contributed by atoms with van der Waals surface area (Å²) in [5, 5.41) is 9.80. The maximum absolute atomic E-state index is 13.8. The molecule has 21 heavy (non-hydrogen) atoms. The molecule has 3 rings (SSSR count). The second kappa shape index (κ2) is 4.95. The fourth-order valence-electron chi connectivity index (χ4n) is 2.44. The number of rotatable bonds is 1. The van der Waals surface area contributed by atoms with Crippen molar-refractivity contribution in [1.29, 1.82) is 5.26 Å². The maximum atomic E-state index is 13.8. The van der Waals surface area contributed by atoms with E-state index in [2.05, 4.69) is 16.0 Å². The Morgan fingerprint density at radius 2 is 1.76 bits per heavy atom. The summed E-state index contributed by atoms with van der Waals surface area (Å²) in [5.74, 6) is -0.191. The summed E-state index contributed by atoms with van der Waals surface area (Å²) in [7, 11) is 0. The van der Waals surface area contributed by atoms with Gasteiger partial charge in [-0.25, -0.2) is 14.4 Å². The molecule has 0 aliphatic carbocycles. The number of hydrogen-bond acceptors (Lipinski definition) is 3. The minimum atomic E-state index is -0.191. The molecule has 102 valence electrons. The van der Waals surface area contributed by atoms with Gasteiger partial charge in [0.2, 0.25) is 0 Å². The van der Waals surface area contributed by atoms with Crippen molar-refractivity contribution in [2.24, 2.45) is 0 Å². The monoisotopic (exact) mass is 277 g/mol. The molecule has 3 nitrogen and oxygen atoms in total. The first-order valence-electron chi connectivity index (χ1n) is 6.52. The Hall–Kier alpha value is -2.80. The van der Waals surface area contributed by atoms with Gasteiger partial charge in [-0.1, -0.05) is 0 Å². The van der Waals surface area contributed by atoms with E-state index in [9.17, 15) is 4.39 Å². The van der Waals surface area contributed by atoms with E-state index in [1.165, 1.54) is 6.33 Å². The molecule has 0 radical (unpaired) electrons. The van der Waals surface area contributed by atoms with Crippen molar-refractivity contribution in [3.63, 3.8) is 0 Å². The van der Waals surface area contributed by atoms with E-state index >= 15 is 0 Å². The van der Waals surface area contributed by atoms with E-state index in [4.69, 9.17) is 5.26 Å². The number of halogens is 1. The van der Waals surface area contributed by atoms with Crippen LogP contribution >= 0.6 is 0 Å². The molecule has 0 unspecified atom stereocenters. The highest BCUT2D eigenvalue weighted by molar-refractivity contribution is 5.92. The first kappa shape index (κ1) is 13.2. The number of aromatic nitrogens is 2. The lowest BCUT2D eigenvalue weighted by atomic mass is 10.0. The van der Waals surface area contributed by atoms with Gasteiger partial charge in [-0.05, 0) is 55.3 Å². The predicted molar refractivity (Wildman–Crippen MR) is 79.1 cm³/mol. The summed E-state index contributed by atoms with van der Waals surface area (Å²) >= 11 is 0. The second-order valence-corrected chi connectivity index (χ2v) is 4.99. The van der Waals surface area contributed by atoms with Gasteiger partial charge in [-0.15, -0.1) is 0 Å². The predicted octanol–water partition coefficient (Wildman–Crippen LogP) is 3.92. The van der Waals surface area contributed by atoms with Crippen LogP contribution in [0.5, 0.6) is 0 Å². The van der Waals surface area contributed by atoms with Gasteiger partial charge in [0.1, 0.15) is 12.1 Å². The van der Waals surface area contributed by atoms with Crippen LogP contribution in [0, 0.1) is 31.0 Å². The molecule has 0 fully saturated rings. The van der Waals surface area contributed by atoms with Crippen LogP contribution < -0.4 is 0 Å². The van der Waals surface area contributed by atoms with E-state index in [0.717, 1.165) is 16.6 Å². The zero-order chi connectivity index (χ0) is 15.0. The van der Waals surface area contributed by atoms with E-state index in [1.54, 1.807) is 38.1 Å². The average molecular weight is 277 g/mol. The van der Waals surface area contributed by atoms with Gasteiger partial charge >= 0.3 is 0 Å². The van der Waals surface area contributed by atoms with E-state index < -0.39 is 0 Å². The van der Waals surface area contributed by atoms with Crippen LogP contribution in [0.2, 0.25) is 0 Å². The van der Waals surface area contributed by atoms with Crippen LogP contribution in [0.1, 0.15) is 16.7 Å². The van der Waals surface area contributed by atoms with Crippen molar-refractivity contribution in [3.8, 4) is 17.3 Å². The van der Waals surface area contributed by atoms with Gasteiger partial charge in [0.15, 0.2) is 0 Å². The van der Waals surface area contributed by atoms with E-state index in [-0.39, 0.29) is 5.82 Å². The zero-order valence-corrected chi connectivity index (χ0v) is 11.7. The van der Waals surface area contributed by atoms with Crippen molar-refractivity contribution in [1.82, 2.24) is 9.97 Å². The number of benzene rings is 2. The van der Waals surface area contributed by atoms with Gasteiger partial charge in [0.25, 0.3) is 0 Å². The lowest BCUT2D eigenvalue weighted by molar-refractivity contribution is 0.609. The Balaban J connectivity index is 2.28. The molecule has 0 atom stereocenters. The smallest absolute Gasteiger partial charge is 0.129 e. The molecule has 4 heteroatoms. The Bertz CT molecular complexity index is 871. The van der Waals surface area contributed by atoms with Crippen LogP contribution in [0.15, 0.2) is 36.7 Å². The minimum Gasteiger partial charge on any atom is -0.236 e. The SMILES string of the molecule is Cc1cc(-c2ncnc3cc(C#N)ccc23)cc(C)c1F. The summed E-state index contributed by atoms with van der Waals surface area (Å²) in [6.45, 7) is 3.48. The van der Waals surface area contributed by atoms with Gasteiger partial charge in [-0.2, -0.15) is 5.26 Å². The largest absolute Gasteiger partial charge is 0.236 e. The van der Waals surface area contributed by atoms with Crippen LogP contribution in [0.25, 0.3) is 22.2 Å². The minimum absolute atomic E-state index is 0.191. The maximum Gasteiger partial charge on any atom is 0.129 e. The number of aryl methyl sites for hydroxylation is 2. The van der Waals surface area contributed by atoms with Gasteiger partial charge < -0.3 is 0 Å². The normalized spacial score (nSPS) is 10.6. The summed E-state index contributed by atoms with van der Waals surface area (Å²) in [4.78, 5) is 8.53. The number of hydrogen-bond donors (Lipinski definition) is 0. The van der Waals surface area contributed by atoms with Gasteiger partial charge in [-0.3, -0.25) is 0 Å². The van der Waals surface area contributed by atoms with Gasteiger partial charge in [0.05, 0.1) is 22.8 Å². The molecule has 0 bridgehead atoms. The van der Waals surface area contributed by atoms with Crippen molar-refractivity contribution in [3.05, 3.63) is 59.2 Å². The Kier molecular flexibility index (Phi) is 3.11. The Labute approximate surface area is 121 Å². The summed E-state index contributed by atoms with van der Waals surface area (Å²) < 4.78 is 13.8. The fraction of sp³-hybridized carbons (Fsp3) is 0.118. The zero-order valence-electron chi connectivity index (χ0n) is 11.7. The molecular weight excluding hydrogens is 265 g/mol. The molecular formula is C17H12FN3. The van der Waals surface area contributed by atoms with Crippen LogP contribution in [0.4, 0.5) is 4.39 Å². The van der Waals surface area contributed by atoms with Crippen molar-refractivity contribution >= 4 is 10.9 Å². The first-order valence-corrected chi connectivity index (χ1v) is 6.52. The molecule has 0 spiro atoms. The first-order chi connectivity index (χ1) is 10.1. The van der Waals surface area contributed by atoms with Crippen LogP contribution in [0.3, 0.4) is 0 Å². The van der Waals surface area contributed by atoms with Gasteiger partial charge in [0, 0.05) is 10.9 Å². The van der Waals surface area contributed by atoms with Crippen molar-refractivity contribution in [2.45, 2.75) is 13.8 Å². The van der Waals surface area contributed by atoms with E-state index in [0.29, 0.717) is 22.2 Å². The summed E-state index contributed by atoms with van der Waals surface area (Å²) in [6.07, 6.45) is 1.47. The van der Waals surface area contributed by atoms with Crippen molar-refractivity contribution in [2.75, 3.05) is 0 Å². The van der Waals surface area contributed by atoms with Crippen LogP contribution in [-0.2, 0) is 0 Å². The number of nitriles is 1. The second-order valence-electron chi connectivity index (χ2n) is 4.99. The molecule has 0 saturated heterocycles. The summed E-state index contributed by atoms with van der Waals surface area (Å²) in [6, 6.07) is 10.9. The van der Waals surface area contributed by atoms with E-state index in [1.807, 2.05) is 6.07 Å². The quantitative estimate of drug-likeness (QED) is 0.677. The number of fused-ring (bicyclic) bond motifs is 1. The lowest BCUT2D eigenvalue weighted by Crippen LogP contribution is -1.94. The molecule has 1 aromatic heterocycles. The highest BCUT2D eigenvalue weighted by Crippen LogP contribution is 2.28. The molecule has 2 aromatic carbocycles. The third-order valence-electron chi connectivity index (χ3n) is 3.48. The topological polar surface area (TPSA) is 49.6 Å². The molecule has 0 saturated carbocycles. The molecule has 3 aromatic rings. The number of nitrogens with zero attached hydrogens (tertiary/aromatic N) is 3. The Morgan fingerprint density at radius 3 is 2.43 bits per heavy atom. The standard InChI is InChI=1S/C17H12FN3/c1-10-5-13(6-11(2)16(10)18)17-14-4-3-12(8-19)7-15(14)20-9-21-17/h3-7,9H,1-2H3. The van der Waals surface area contributed by atoms with Crippen LogP contribution in [-0.4, -0.2) is 9.97 Å². The third-order valence-corrected chi connectivity index (χ3v) is 3.48. The highest BCUT2D eigenvalue weighted by Gasteiger charge is 2.10. The molecule has 0 aliphatic rings. The average Bonchev–Trinajstić information content (AvgIpc) is 2.51. The van der Waals surface area contributed by atoms with Crippen molar-refractivity contribution < 1.29 is 4.39 Å².